The van der Waals surface area contributed by atoms with Crippen LogP contribution < -0.4 is 5.32 Å². The van der Waals surface area contributed by atoms with E-state index in [1.807, 2.05) is 0 Å². The van der Waals surface area contributed by atoms with Crippen molar-refractivity contribution >= 4 is 27.8 Å². The van der Waals surface area contributed by atoms with Gasteiger partial charge in [0.1, 0.15) is 17.9 Å². The summed E-state index contributed by atoms with van der Waals surface area (Å²) in [6, 6.07) is 13.6. The average molecular weight is 555 g/mol. The number of benzene rings is 2. The summed E-state index contributed by atoms with van der Waals surface area (Å²) in [5.41, 5.74) is 0.714. The van der Waals surface area contributed by atoms with Gasteiger partial charge in [-0.05, 0) is 42.0 Å². The van der Waals surface area contributed by atoms with Crippen LogP contribution in [0, 0.1) is 5.82 Å². The lowest BCUT2D eigenvalue weighted by atomic mass is 10.1. The Bertz CT molecular complexity index is 1440. The zero-order valence-electron chi connectivity index (χ0n) is 21.1. The number of nitrogens with zero attached hydrogens (tertiary/aromatic N) is 3. The standard InChI is InChI=1S/C27H27FN4O6S/c1-38-27(35)23(15-19-7-6-12-29-17-19)30-25(33)24-18-31(26(34)20-8-5-9-21(28)16-20)13-14-32(24)39(36,37)22-10-3-2-4-11-22/h2-12,16-17,23-24H,13-15,18H2,1H3,(H,30,33)/t23-,24+/m1/s1. The minimum atomic E-state index is -4.15. The van der Waals surface area contributed by atoms with Gasteiger partial charge in [-0.1, -0.05) is 30.3 Å². The lowest BCUT2D eigenvalue weighted by molar-refractivity contribution is -0.145. The number of piperazine rings is 1. The second-order valence-electron chi connectivity index (χ2n) is 8.86. The Balaban J connectivity index is 1.64. The lowest BCUT2D eigenvalue weighted by Gasteiger charge is -2.40. The molecule has 1 fully saturated rings. The molecule has 0 unspecified atom stereocenters. The summed E-state index contributed by atoms with van der Waals surface area (Å²) in [6.07, 6.45) is 3.15. The van der Waals surface area contributed by atoms with E-state index in [4.69, 9.17) is 4.74 Å². The largest absolute Gasteiger partial charge is 0.467 e. The Morgan fingerprint density at radius 3 is 2.51 bits per heavy atom. The quantitative estimate of drug-likeness (QED) is 0.420. The van der Waals surface area contributed by atoms with E-state index in [1.165, 1.54) is 48.5 Å². The number of esters is 1. The third kappa shape index (κ3) is 6.47. The molecule has 2 atom stereocenters. The van der Waals surface area contributed by atoms with Gasteiger partial charge in [-0.15, -0.1) is 0 Å². The number of halogens is 1. The summed E-state index contributed by atoms with van der Waals surface area (Å²) in [6.45, 7) is -0.531. The smallest absolute Gasteiger partial charge is 0.328 e. The Hall–Kier alpha value is -4.16. The van der Waals surface area contributed by atoms with Crippen molar-refractivity contribution in [3.8, 4) is 0 Å². The fourth-order valence-corrected chi connectivity index (χ4v) is 5.93. The highest BCUT2D eigenvalue weighted by atomic mass is 32.2. The summed E-state index contributed by atoms with van der Waals surface area (Å²) < 4.78 is 46.8. The molecule has 3 aromatic rings. The van der Waals surface area contributed by atoms with E-state index in [2.05, 4.69) is 10.3 Å². The van der Waals surface area contributed by atoms with Crippen molar-refractivity contribution in [2.45, 2.75) is 23.4 Å². The molecule has 2 amide bonds. The molecule has 2 heterocycles. The van der Waals surface area contributed by atoms with Crippen molar-refractivity contribution in [3.05, 3.63) is 96.1 Å². The second kappa shape index (κ2) is 12.1. The van der Waals surface area contributed by atoms with E-state index in [9.17, 15) is 27.2 Å². The molecule has 1 saturated heterocycles. The highest BCUT2D eigenvalue weighted by Crippen LogP contribution is 2.23. The van der Waals surface area contributed by atoms with Crippen LogP contribution >= 0.6 is 0 Å². The molecule has 1 aromatic heterocycles. The summed E-state index contributed by atoms with van der Waals surface area (Å²) in [4.78, 5) is 44.6. The number of amides is 2. The zero-order valence-corrected chi connectivity index (χ0v) is 21.9. The Morgan fingerprint density at radius 2 is 1.85 bits per heavy atom. The number of nitrogens with one attached hydrogen (secondary N) is 1. The van der Waals surface area contributed by atoms with E-state index in [-0.39, 0.29) is 36.5 Å². The number of ether oxygens (including phenoxy) is 1. The molecule has 2 aromatic carbocycles. The Morgan fingerprint density at radius 1 is 1.08 bits per heavy atom. The molecule has 0 spiro atoms. The molecule has 12 heteroatoms. The number of rotatable bonds is 8. The molecule has 0 bridgehead atoms. The first-order valence-corrected chi connectivity index (χ1v) is 13.5. The van der Waals surface area contributed by atoms with Crippen LogP contribution in [0.5, 0.6) is 0 Å². The first-order chi connectivity index (χ1) is 18.7. The first-order valence-electron chi connectivity index (χ1n) is 12.1. The second-order valence-corrected chi connectivity index (χ2v) is 10.7. The van der Waals surface area contributed by atoms with Gasteiger partial charge in [-0.25, -0.2) is 17.6 Å². The first kappa shape index (κ1) is 27.9. The van der Waals surface area contributed by atoms with Gasteiger partial charge in [0, 0.05) is 44.0 Å². The van der Waals surface area contributed by atoms with Gasteiger partial charge >= 0.3 is 5.97 Å². The van der Waals surface area contributed by atoms with Crippen molar-refractivity contribution < 1.29 is 31.9 Å². The van der Waals surface area contributed by atoms with Crippen LogP contribution in [0.2, 0.25) is 0 Å². The van der Waals surface area contributed by atoms with Crippen molar-refractivity contribution in [3.63, 3.8) is 0 Å². The molecule has 10 nitrogen and oxygen atoms in total. The van der Waals surface area contributed by atoms with E-state index in [1.54, 1.807) is 36.5 Å². The van der Waals surface area contributed by atoms with E-state index in [0.717, 1.165) is 10.4 Å². The molecule has 39 heavy (non-hydrogen) atoms. The van der Waals surface area contributed by atoms with E-state index >= 15 is 0 Å². The van der Waals surface area contributed by atoms with Crippen LogP contribution in [0.15, 0.2) is 84.0 Å². The number of methoxy groups -OCH3 is 1. The number of aromatic nitrogens is 1. The van der Waals surface area contributed by atoms with Gasteiger partial charge in [0.05, 0.1) is 12.0 Å². The molecule has 4 rings (SSSR count). The third-order valence-corrected chi connectivity index (χ3v) is 8.23. The lowest BCUT2D eigenvalue weighted by Crippen LogP contribution is -2.62. The molecular formula is C27H27FN4O6S. The van der Waals surface area contributed by atoms with E-state index < -0.39 is 45.7 Å². The predicted octanol–water partition coefficient (Wildman–Crippen LogP) is 1.64. The average Bonchev–Trinajstić information content (AvgIpc) is 2.96. The van der Waals surface area contributed by atoms with Crippen LogP contribution in [0.4, 0.5) is 4.39 Å². The molecule has 1 aliphatic heterocycles. The van der Waals surface area contributed by atoms with Crippen molar-refractivity contribution in [1.82, 2.24) is 19.5 Å². The third-order valence-electron chi connectivity index (χ3n) is 6.31. The maximum Gasteiger partial charge on any atom is 0.328 e. The van der Waals surface area contributed by atoms with Crippen molar-refractivity contribution in [2.75, 3.05) is 26.7 Å². The number of pyridine rings is 1. The fourth-order valence-electron chi connectivity index (χ4n) is 4.34. The predicted molar refractivity (Wildman–Crippen MR) is 138 cm³/mol. The van der Waals surface area contributed by atoms with Crippen LogP contribution in [-0.4, -0.2) is 79.2 Å². The normalized spacial score (nSPS) is 16.8. The molecule has 0 saturated carbocycles. The molecule has 0 radical (unpaired) electrons. The summed E-state index contributed by atoms with van der Waals surface area (Å²) in [7, 11) is -2.97. The Kier molecular flexibility index (Phi) is 8.67. The molecule has 1 N–H and O–H groups in total. The van der Waals surface area contributed by atoms with Gasteiger partial charge in [0.15, 0.2) is 0 Å². The van der Waals surface area contributed by atoms with Crippen molar-refractivity contribution in [1.29, 1.82) is 0 Å². The number of carbonyl (C=O) groups is 3. The molecular weight excluding hydrogens is 527 g/mol. The highest BCUT2D eigenvalue weighted by Gasteiger charge is 2.42. The number of hydrogen-bond acceptors (Lipinski definition) is 7. The maximum atomic E-state index is 13.8. The number of carbonyl (C=O) groups excluding carboxylic acids is 3. The van der Waals surface area contributed by atoms with Crippen LogP contribution in [0.25, 0.3) is 0 Å². The van der Waals surface area contributed by atoms with Crippen LogP contribution in [0.3, 0.4) is 0 Å². The summed E-state index contributed by atoms with van der Waals surface area (Å²) in [5, 5.41) is 2.60. The van der Waals surface area contributed by atoms with Gasteiger partial charge in [-0.2, -0.15) is 4.31 Å². The molecule has 204 valence electrons. The zero-order chi connectivity index (χ0) is 28.0. The number of hydrogen-bond donors (Lipinski definition) is 1. The molecule has 1 aliphatic rings. The topological polar surface area (TPSA) is 126 Å². The van der Waals surface area contributed by atoms with Gasteiger partial charge in [0.25, 0.3) is 5.91 Å². The van der Waals surface area contributed by atoms with Crippen molar-refractivity contribution in [2.24, 2.45) is 0 Å². The summed E-state index contributed by atoms with van der Waals surface area (Å²) >= 11 is 0. The highest BCUT2D eigenvalue weighted by molar-refractivity contribution is 7.89. The fraction of sp³-hybridized carbons (Fsp3) is 0.259. The van der Waals surface area contributed by atoms with Gasteiger partial charge < -0.3 is 15.0 Å². The van der Waals surface area contributed by atoms with E-state index in [0.29, 0.717) is 5.56 Å². The minimum Gasteiger partial charge on any atom is -0.467 e. The SMILES string of the molecule is COC(=O)[C@@H](Cc1cccnc1)NC(=O)[C@@H]1CN(C(=O)c2cccc(F)c2)CCN1S(=O)(=O)c1ccccc1. The van der Waals surface area contributed by atoms with Gasteiger partial charge in [0.2, 0.25) is 15.9 Å². The monoisotopic (exact) mass is 554 g/mol. The van der Waals surface area contributed by atoms with Crippen LogP contribution in [0.1, 0.15) is 15.9 Å². The number of sulfonamides is 1. The Labute approximate surface area is 225 Å². The van der Waals surface area contributed by atoms with Crippen LogP contribution in [-0.2, 0) is 30.8 Å². The van der Waals surface area contributed by atoms with Gasteiger partial charge in [-0.3, -0.25) is 14.6 Å². The summed E-state index contributed by atoms with van der Waals surface area (Å²) in [5.74, 6) is -2.67. The minimum absolute atomic E-state index is 0.0208. The maximum absolute atomic E-state index is 13.8. The molecule has 0 aliphatic carbocycles.